The van der Waals surface area contributed by atoms with Crippen molar-refractivity contribution in [3.63, 3.8) is 0 Å². The maximum atomic E-state index is 5.96. The van der Waals surface area contributed by atoms with Gasteiger partial charge in [0.25, 0.3) is 0 Å². The van der Waals surface area contributed by atoms with Gasteiger partial charge in [0.15, 0.2) is 0 Å². The standard InChI is InChI=1S/C15H22N2O/c1-13(17-9-5-8-15(16)10-17)11-18-12-14-6-3-2-4-7-14/h2-4,6-7,15H,1,5,8-12,16H2/t15-/m0/s1. The number of piperidine rings is 1. The fourth-order valence-electron chi connectivity index (χ4n) is 2.25. The Morgan fingerprint density at radius 1 is 1.39 bits per heavy atom. The first-order chi connectivity index (χ1) is 8.75. The molecule has 1 aromatic carbocycles. The SMILES string of the molecule is C=C(COCc1ccccc1)N1CCC[C@H](N)C1. The molecule has 0 bridgehead atoms. The van der Waals surface area contributed by atoms with Crippen LogP contribution in [0.1, 0.15) is 18.4 Å². The van der Waals surface area contributed by atoms with Crippen molar-refractivity contribution in [2.75, 3.05) is 19.7 Å². The zero-order valence-electron chi connectivity index (χ0n) is 10.8. The molecule has 0 saturated carbocycles. The van der Waals surface area contributed by atoms with E-state index in [-0.39, 0.29) is 6.04 Å². The van der Waals surface area contributed by atoms with Crippen LogP contribution < -0.4 is 5.73 Å². The molecule has 3 nitrogen and oxygen atoms in total. The van der Waals surface area contributed by atoms with Crippen LogP contribution in [0, 0.1) is 0 Å². The fourth-order valence-corrected chi connectivity index (χ4v) is 2.25. The van der Waals surface area contributed by atoms with Gasteiger partial charge in [0, 0.05) is 24.8 Å². The predicted molar refractivity (Wildman–Crippen MR) is 74.0 cm³/mol. The van der Waals surface area contributed by atoms with Crippen LogP contribution in [0.25, 0.3) is 0 Å². The van der Waals surface area contributed by atoms with E-state index in [1.807, 2.05) is 18.2 Å². The third kappa shape index (κ3) is 3.86. The summed E-state index contributed by atoms with van der Waals surface area (Å²) in [6, 6.07) is 10.5. The number of nitrogens with zero attached hydrogens (tertiary/aromatic N) is 1. The van der Waals surface area contributed by atoms with Crippen molar-refractivity contribution in [3.8, 4) is 0 Å². The quantitative estimate of drug-likeness (QED) is 0.865. The molecule has 0 aromatic heterocycles. The van der Waals surface area contributed by atoms with Crippen LogP contribution in [0.3, 0.4) is 0 Å². The van der Waals surface area contributed by atoms with Crippen LogP contribution in [-0.4, -0.2) is 30.6 Å². The Balaban J connectivity index is 1.71. The number of benzene rings is 1. The lowest BCUT2D eigenvalue weighted by Gasteiger charge is -2.33. The summed E-state index contributed by atoms with van der Waals surface area (Å²) in [4.78, 5) is 2.25. The molecule has 18 heavy (non-hydrogen) atoms. The Hall–Kier alpha value is -1.32. The van der Waals surface area contributed by atoms with E-state index < -0.39 is 0 Å². The lowest BCUT2D eigenvalue weighted by Crippen LogP contribution is -2.42. The number of rotatable bonds is 5. The van der Waals surface area contributed by atoms with Gasteiger partial charge < -0.3 is 15.4 Å². The van der Waals surface area contributed by atoms with E-state index in [2.05, 4.69) is 23.6 Å². The van der Waals surface area contributed by atoms with Gasteiger partial charge in [0.2, 0.25) is 0 Å². The first-order valence-electron chi connectivity index (χ1n) is 6.55. The van der Waals surface area contributed by atoms with E-state index in [0.29, 0.717) is 13.2 Å². The summed E-state index contributed by atoms with van der Waals surface area (Å²) in [6.45, 7) is 7.28. The fraction of sp³-hybridized carbons (Fsp3) is 0.467. The van der Waals surface area contributed by atoms with Gasteiger partial charge in [-0.15, -0.1) is 0 Å². The molecule has 1 aromatic rings. The second-order valence-electron chi connectivity index (χ2n) is 4.89. The monoisotopic (exact) mass is 246 g/mol. The van der Waals surface area contributed by atoms with Gasteiger partial charge in [-0.2, -0.15) is 0 Å². The van der Waals surface area contributed by atoms with E-state index in [1.54, 1.807) is 0 Å². The van der Waals surface area contributed by atoms with E-state index in [9.17, 15) is 0 Å². The van der Waals surface area contributed by atoms with Gasteiger partial charge in [0.1, 0.15) is 0 Å². The lowest BCUT2D eigenvalue weighted by molar-refractivity contribution is 0.115. The second-order valence-corrected chi connectivity index (χ2v) is 4.89. The molecule has 1 heterocycles. The highest BCUT2D eigenvalue weighted by molar-refractivity contribution is 5.13. The third-order valence-electron chi connectivity index (χ3n) is 3.29. The van der Waals surface area contributed by atoms with Crippen molar-refractivity contribution in [1.82, 2.24) is 4.90 Å². The maximum absolute atomic E-state index is 5.96. The van der Waals surface area contributed by atoms with Crippen LogP contribution in [-0.2, 0) is 11.3 Å². The number of ether oxygens (including phenoxy) is 1. The van der Waals surface area contributed by atoms with Crippen LogP contribution in [0.15, 0.2) is 42.6 Å². The van der Waals surface area contributed by atoms with Gasteiger partial charge in [-0.05, 0) is 18.4 Å². The van der Waals surface area contributed by atoms with Crippen LogP contribution in [0.2, 0.25) is 0 Å². The van der Waals surface area contributed by atoms with Gasteiger partial charge in [-0.25, -0.2) is 0 Å². The molecule has 98 valence electrons. The summed E-state index contributed by atoms with van der Waals surface area (Å²) in [5, 5.41) is 0. The lowest BCUT2D eigenvalue weighted by atomic mass is 10.1. The molecule has 1 aliphatic rings. The largest absolute Gasteiger partial charge is 0.372 e. The van der Waals surface area contributed by atoms with Crippen molar-refractivity contribution in [3.05, 3.63) is 48.2 Å². The molecule has 0 spiro atoms. The molecule has 3 heteroatoms. The van der Waals surface area contributed by atoms with Crippen molar-refractivity contribution < 1.29 is 4.74 Å². The number of hydrogen-bond acceptors (Lipinski definition) is 3. The second kappa shape index (κ2) is 6.57. The summed E-state index contributed by atoms with van der Waals surface area (Å²) in [7, 11) is 0. The summed E-state index contributed by atoms with van der Waals surface area (Å²) >= 11 is 0. The zero-order chi connectivity index (χ0) is 12.8. The predicted octanol–water partition coefficient (Wildman–Crippen LogP) is 2.14. The van der Waals surface area contributed by atoms with Gasteiger partial charge in [-0.3, -0.25) is 0 Å². The summed E-state index contributed by atoms with van der Waals surface area (Å²) in [5.74, 6) is 0. The van der Waals surface area contributed by atoms with Crippen molar-refractivity contribution >= 4 is 0 Å². The highest BCUT2D eigenvalue weighted by atomic mass is 16.5. The Kier molecular flexibility index (Phi) is 4.79. The minimum atomic E-state index is 0.282. The smallest absolute Gasteiger partial charge is 0.0862 e. The van der Waals surface area contributed by atoms with E-state index >= 15 is 0 Å². The Labute approximate surface area is 109 Å². The normalized spacial score (nSPS) is 19.8. The van der Waals surface area contributed by atoms with Crippen molar-refractivity contribution in [2.24, 2.45) is 5.73 Å². The van der Waals surface area contributed by atoms with Crippen molar-refractivity contribution in [2.45, 2.75) is 25.5 Å². The minimum Gasteiger partial charge on any atom is -0.372 e. The first kappa shape index (κ1) is 13.1. The van der Waals surface area contributed by atoms with Crippen LogP contribution in [0.4, 0.5) is 0 Å². The van der Waals surface area contributed by atoms with E-state index in [1.165, 1.54) is 5.56 Å². The average Bonchev–Trinajstić information content (AvgIpc) is 2.40. The number of hydrogen-bond donors (Lipinski definition) is 1. The Morgan fingerprint density at radius 3 is 2.89 bits per heavy atom. The molecule has 1 saturated heterocycles. The summed E-state index contributed by atoms with van der Waals surface area (Å²) < 4.78 is 5.69. The Bertz CT molecular complexity index is 377. The Morgan fingerprint density at radius 2 is 2.17 bits per heavy atom. The first-order valence-corrected chi connectivity index (χ1v) is 6.55. The molecule has 0 amide bonds. The highest BCUT2D eigenvalue weighted by Crippen LogP contribution is 2.13. The maximum Gasteiger partial charge on any atom is 0.0862 e. The average molecular weight is 246 g/mol. The molecule has 0 unspecified atom stereocenters. The van der Waals surface area contributed by atoms with Crippen molar-refractivity contribution in [1.29, 1.82) is 0 Å². The molecule has 1 fully saturated rings. The van der Waals surface area contributed by atoms with Crippen LogP contribution in [0.5, 0.6) is 0 Å². The summed E-state index contributed by atoms with van der Waals surface area (Å²) in [6.07, 6.45) is 2.27. The molecular weight excluding hydrogens is 224 g/mol. The van der Waals surface area contributed by atoms with E-state index in [0.717, 1.165) is 31.6 Å². The molecule has 2 rings (SSSR count). The molecule has 2 N–H and O–H groups in total. The highest BCUT2D eigenvalue weighted by Gasteiger charge is 2.17. The molecule has 0 radical (unpaired) electrons. The van der Waals surface area contributed by atoms with Crippen LogP contribution >= 0.6 is 0 Å². The number of likely N-dealkylation sites (tertiary alicyclic amines) is 1. The molecular formula is C15H22N2O. The third-order valence-corrected chi connectivity index (χ3v) is 3.29. The minimum absolute atomic E-state index is 0.282. The van der Waals surface area contributed by atoms with Gasteiger partial charge >= 0.3 is 0 Å². The topological polar surface area (TPSA) is 38.5 Å². The van der Waals surface area contributed by atoms with E-state index in [4.69, 9.17) is 10.5 Å². The van der Waals surface area contributed by atoms with Gasteiger partial charge in [-0.1, -0.05) is 36.9 Å². The van der Waals surface area contributed by atoms with Gasteiger partial charge in [0.05, 0.1) is 13.2 Å². The summed E-state index contributed by atoms with van der Waals surface area (Å²) in [5.41, 5.74) is 8.20. The molecule has 1 atom stereocenters. The molecule has 1 aliphatic heterocycles. The number of nitrogens with two attached hydrogens (primary N) is 1. The molecule has 0 aliphatic carbocycles. The zero-order valence-corrected chi connectivity index (χ0v) is 10.8.